The lowest BCUT2D eigenvalue weighted by Crippen LogP contribution is -2.35. The van der Waals surface area contributed by atoms with Crippen LogP contribution in [-0.2, 0) is 20.9 Å². The van der Waals surface area contributed by atoms with Crippen LogP contribution in [0.5, 0.6) is 0 Å². The maximum absolute atomic E-state index is 12.2. The van der Waals surface area contributed by atoms with Crippen LogP contribution in [0, 0.1) is 5.92 Å². The highest BCUT2D eigenvalue weighted by Crippen LogP contribution is 2.24. The molecule has 1 aliphatic rings. The molecule has 0 spiro atoms. The maximum Gasteiger partial charge on any atom is 0.410 e. The molecule has 0 aromatic heterocycles. The van der Waals surface area contributed by atoms with E-state index in [1.165, 1.54) is 0 Å². The average Bonchev–Trinajstić information content (AvgIpc) is 2.53. The van der Waals surface area contributed by atoms with Gasteiger partial charge in [-0.3, -0.25) is 4.79 Å². The van der Waals surface area contributed by atoms with E-state index in [1.807, 2.05) is 44.2 Å². The van der Waals surface area contributed by atoms with Gasteiger partial charge in [-0.05, 0) is 38.2 Å². The van der Waals surface area contributed by atoms with Crippen molar-refractivity contribution in [3.05, 3.63) is 35.9 Å². The fourth-order valence-electron chi connectivity index (χ4n) is 2.86. The Balaban J connectivity index is 1.77. The summed E-state index contributed by atoms with van der Waals surface area (Å²) in [7, 11) is 0. The van der Waals surface area contributed by atoms with Crippen molar-refractivity contribution in [2.75, 3.05) is 13.1 Å². The summed E-state index contributed by atoms with van der Waals surface area (Å²) >= 11 is 0. The van der Waals surface area contributed by atoms with Crippen LogP contribution >= 0.6 is 0 Å². The van der Waals surface area contributed by atoms with Crippen LogP contribution in [0.1, 0.15) is 38.7 Å². The van der Waals surface area contributed by atoms with Crippen molar-refractivity contribution < 1.29 is 19.1 Å². The van der Waals surface area contributed by atoms with Crippen LogP contribution in [0.15, 0.2) is 30.3 Å². The second-order valence-electron chi connectivity index (χ2n) is 6.01. The van der Waals surface area contributed by atoms with E-state index in [0.717, 1.165) is 18.4 Å². The summed E-state index contributed by atoms with van der Waals surface area (Å²) in [6.45, 7) is 5.33. The number of carbonyl (C=O) groups is 2. The number of rotatable bonds is 6. The Hall–Kier alpha value is -2.04. The van der Waals surface area contributed by atoms with Crippen LogP contribution < -0.4 is 0 Å². The molecule has 23 heavy (non-hydrogen) atoms. The van der Waals surface area contributed by atoms with Crippen molar-refractivity contribution in [3.8, 4) is 0 Å². The van der Waals surface area contributed by atoms with Crippen molar-refractivity contribution in [1.29, 1.82) is 0 Å². The van der Waals surface area contributed by atoms with E-state index in [2.05, 4.69) is 0 Å². The number of benzene rings is 1. The van der Waals surface area contributed by atoms with Crippen molar-refractivity contribution >= 4 is 12.1 Å². The Labute approximate surface area is 137 Å². The second-order valence-corrected chi connectivity index (χ2v) is 6.01. The van der Waals surface area contributed by atoms with Crippen LogP contribution in [0.3, 0.4) is 0 Å². The highest BCUT2D eigenvalue weighted by atomic mass is 16.6. The second kappa shape index (κ2) is 8.56. The SMILES string of the molecule is CCN(CCC1CC(=O)OC(C)C1)C(=O)OCc1ccccc1. The zero-order valence-corrected chi connectivity index (χ0v) is 13.9. The molecule has 1 aliphatic heterocycles. The molecule has 1 saturated heterocycles. The van der Waals surface area contributed by atoms with Crippen LogP contribution in [0.4, 0.5) is 4.79 Å². The monoisotopic (exact) mass is 319 g/mol. The first-order chi connectivity index (χ1) is 11.1. The summed E-state index contributed by atoms with van der Waals surface area (Å²) in [5.41, 5.74) is 0.973. The van der Waals surface area contributed by atoms with E-state index >= 15 is 0 Å². The van der Waals surface area contributed by atoms with Gasteiger partial charge in [-0.2, -0.15) is 0 Å². The molecular formula is C18H25NO4. The van der Waals surface area contributed by atoms with Gasteiger partial charge in [0.25, 0.3) is 0 Å². The smallest absolute Gasteiger partial charge is 0.410 e. The van der Waals surface area contributed by atoms with Crippen molar-refractivity contribution in [2.45, 2.75) is 45.8 Å². The highest BCUT2D eigenvalue weighted by molar-refractivity contribution is 5.70. The molecule has 1 aromatic carbocycles. The first kappa shape index (κ1) is 17.3. The average molecular weight is 319 g/mol. The first-order valence-corrected chi connectivity index (χ1v) is 8.23. The predicted octanol–water partition coefficient (Wildman–Crippen LogP) is 3.38. The molecule has 1 amide bonds. The minimum atomic E-state index is -0.303. The van der Waals surface area contributed by atoms with Crippen molar-refractivity contribution in [1.82, 2.24) is 4.90 Å². The van der Waals surface area contributed by atoms with E-state index in [4.69, 9.17) is 9.47 Å². The zero-order chi connectivity index (χ0) is 16.7. The number of cyclic esters (lactones) is 1. The van der Waals surface area contributed by atoms with E-state index in [0.29, 0.717) is 19.5 Å². The van der Waals surface area contributed by atoms with Gasteiger partial charge in [-0.15, -0.1) is 0 Å². The number of hydrogen-bond acceptors (Lipinski definition) is 4. The Morgan fingerprint density at radius 2 is 2.09 bits per heavy atom. The number of amides is 1. The Kier molecular flexibility index (Phi) is 6.44. The first-order valence-electron chi connectivity index (χ1n) is 8.23. The van der Waals surface area contributed by atoms with Crippen molar-refractivity contribution in [3.63, 3.8) is 0 Å². The van der Waals surface area contributed by atoms with Gasteiger partial charge in [-0.1, -0.05) is 30.3 Å². The van der Waals surface area contributed by atoms with Gasteiger partial charge in [0, 0.05) is 19.5 Å². The van der Waals surface area contributed by atoms with Gasteiger partial charge in [0.1, 0.15) is 6.61 Å². The molecule has 5 heteroatoms. The minimum Gasteiger partial charge on any atom is -0.463 e. The van der Waals surface area contributed by atoms with E-state index in [-0.39, 0.29) is 30.7 Å². The van der Waals surface area contributed by atoms with E-state index in [9.17, 15) is 9.59 Å². The third kappa shape index (κ3) is 5.58. The van der Waals surface area contributed by atoms with Gasteiger partial charge >= 0.3 is 12.1 Å². The fourth-order valence-corrected chi connectivity index (χ4v) is 2.86. The molecule has 2 rings (SSSR count). The fraction of sp³-hybridized carbons (Fsp3) is 0.556. The van der Waals surface area contributed by atoms with Crippen LogP contribution in [-0.4, -0.2) is 36.2 Å². The molecular weight excluding hydrogens is 294 g/mol. The molecule has 2 atom stereocenters. The molecule has 0 bridgehead atoms. The lowest BCUT2D eigenvalue weighted by atomic mass is 9.92. The molecule has 2 unspecified atom stereocenters. The molecule has 1 aromatic rings. The minimum absolute atomic E-state index is 0.0265. The number of nitrogens with zero attached hydrogens (tertiary/aromatic N) is 1. The molecule has 0 radical (unpaired) electrons. The Bertz CT molecular complexity index is 517. The quantitative estimate of drug-likeness (QED) is 0.754. The zero-order valence-electron chi connectivity index (χ0n) is 13.9. The molecule has 126 valence electrons. The summed E-state index contributed by atoms with van der Waals surface area (Å²) in [6.07, 6.45) is 1.78. The normalized spacial score (nSPS) is 20.7. The van der Waals surface area contributed by atoms with Crippen LogP contribution in [0.25, 0.3) is 0 Å². The van der Waals surface area contributed by atoms with Crippen LogP contribution in [0.2, 0.25) is 0 Å². The van der Waals surface area contributed by atoms with E-state index in [1.54, 1.807) is 4.90 Å². The summed E-state index contributed by atoms with van der Waals surface area (Å²) in [5, 5.41) is 0. The maximum atomic E-state index is 12.2. The Morgan fingerprint density at radius 1 is 1.35 bits per heavy atom. The Morgan fingerprint density at radius 3 is 2.74 bits per heavy atom. The standard InChI is InChI=1S/C18H25NO4/c1-3-19(10-9-16-11-14(2)23-17(20)12-16)18(21)22-13-15-7-5-4-6-8-15/h4-8,14,16H,3,9-13H2,1-2H3. The lowest BCUT2D eigenvalue weighted by Gasteiger charge is -2.28. The molecule has 5 nitrogen and oxygen atoms in total. The van der Waals surface area contributed by atoms with Gasteiger partial charge < -0.3 is 14.4 Å². The third-order valence-electron chi connectivity index (χ3n) is 4.11. The molecule has 0 N–H and O–H groups in total. The highest BCUT2D eigenvalue weighted by Gasteiger charge is 2.26. The molecule has 0 saturated carbocycles. The van der Waals surface area contributed by atoms with Gasteiger partial charge in [0.15, 0.2) is 0 Å². The molecule has 1 heterocycles. The largest absolute Gasteiger partial charge is 0.463 e. The van der Waals surface area contributed by atoms with Gasteiger partial charge in [-0.25, -0.2) is 4.79 Å². The number of hydrogen-bond donors (Lipinski definition) is 0. The number of ether oxygens (including phenoxy) is 2. The van der Waals surface area contributed by atoms with Crippen molar-refractivity contribution in [2.24, 2.45) is 5.92 Å². The predicted molar refractivity (Wildman–Crippen MR) is 86.8 cm³/mol. The lowest BCUT2D eigenvalue weighted by molar-refractivity contribution is -0.155. The number of esters is 1. The molecule has 0 aliphatic carbocycles. The molecule has 1 fully saturated rings. The third-order valence-corrected chi connectivity index (χ3v) is 4.11. The van der Waals surface area contributed by atoms with E-state index < -0.39 is 0 Å². The number of carbonyl (C=O) groups excluding carboxylic acids is 2. The topological polar surface area (TPSA) is 55.8 Å². The van der Waals surface area contributed by atoms with Gasteiger partial charge in [0.2, 0.25) is 0 Å². The summed E-state index contributed by atoms with van der Waals surface area (Å²) in [6, 6.07) is 9.63. The summed E-state index contributed by atoms with van der Waals surface area (Å²) in [5.74, 6) is 0.144. The summed E-state index contributed by atoms with van der Waals surface area (Å²) in [4.78, 5) is 25.3. The van der Waals surface area contributed by atoms with Gasteiger partial charge in [0.05, 0.1) is 6.10 Å². The summed E-state index contributed by atoms with van der Waals surface area (Å²) < 4.78 is 10.5.